The molecule has 0 radical (unpaired) electrons. The maximum Gasteiger partial charge on any atom is 0.0171 e. The average molecular weight is 219 g/mol. The Morgan fingerprint density at radius 1 is 1.47 bits per heavy atom. The highest BCUT2D eigenvalue weighted by Gasteiger charge is 2.57. The van der Waals surface area contributed by atoms with Crippen LogP contribution in [0.2, 0.25) is 0 Å². The monoisotopic (exact) mass is 219 g/mol. The van der Waals surface area contributed by atoms with Crippen molar-refractivity contribution in [3.8, 4) is 0 Å². The van der Waals surface area contributed by atoms with Crippen LogP contribution in [0.1, 0.15) is 24.0 Å². The van der Waals surface area contributed by atoms with Gasteiger partial charge in [0.1, 0.15) is 0 Å². The predicted octanol–water partition coefficient (Wildman–Crippen LogP) is 2.58. The Labute approximate surface area is 95.6 Å². The highest BCUT2D eigenvalue weighted by molar-refractivity contribution is 7.98. The molecule has 2 aliphatic carbocycles. The Morgan fingerprint density at radius 2 is 2.33 bits per heavy atom. The molecule has 80 valence electrons. The van der Waals surface area contributed by atoms with Gasteiger partial charge in [0.15, 0.2) is 0 Å². The van der Waals surface area contributed by atoms with E-state index in [1.807, 2.05) is 11.8 Å². The molecule has 2 aliphatic rings. The Kier molecular flexibility index (Phi) is 2.12. The van der Waals surface area contributed by atoms with E-state index < -0.39 is 0 Å². The molecule has 3 rings (SSSR count). The van der Waals surface area contributed by atoms with Crippen molar-refractivity contribution in [1.29, 1.82) is 0 Å². The van der Waals surface area contributed by atoms with Crippen molar-refractivity contribution in [1.82, 2.24) is 5.32 Å². The molecule has 0 saturated heterocycles. The molecule has 1 saturated carbocycles. The van der Waals surface area contributed by atoms with Gasteiger partial charge >= 0.3 is 0 Å². The predicted molar refractivity (Wildman–Crippen MR) is 65.7 cm³/mol. The van der Waals surface area contributed by atoms with E-state index in [-0.39, 0.29) is 0 Å². The van der Waals surface area contributed by atoms with Crippen molar-refractivity contribution >= 4 is 11.8 Å². The van der Waals surface area contributed by atoms with E-state index in [0.29, 0.717) is 5.41 Å². The second kappa shape index (κ2) is 3.26. The quantitative estimate of drug-likeness (QED) is 0.767. The number of benzene rings is 1. The summed E-state index contributed by atoms with van der Waals surface area (Å²) in [6.45, 7) is 0. The lowest BCUT2D eigenvalue weighted by atomic mass is 9.97. The minimum Gasteiger partial charge on any atom is -0.316 e. The van der Waals surface area contributed by atoms with Crippen LogP contribution in [0.4, 0.5) is 0 Å². The minimum atomic E-state index is 0.510. The molecule has 0 aliphatic heterocycles. The van der Waals surface area contributed by atoms with Gasteiger partial charge in [-0.3, -0.25) is 0 Å². The molecule has 0 amide bonds. The first-order valence-corrected chi connectivity index (χ1v) is 6.87. The molecule has 2 atom stereocenters. The van der Waals surface area contributed by atoms with Crippen LogP contribution in [0.5, 0.6) is 0 Å². The summed E-state index contributed by atoms with van der Waals surface area (Å²) in [5.74, 6) is 0. The first kappa shape index (κ1) is 9.73. The number of aryl methyl sites for hydroxylation is 1. The van der Waals surface area contributed by atoms with Crippen LogP contribution in [-0.4, -0.2) is 19.3 Å². The van der Waals surface area contributed by atoms with Crippen molar-refractivity contribution in [2.45, 2.75) is 35.6 Å². The molecule has 1 spiro atoms. The Hall–Kier alpha value is -0.470. The second-order valence-electron chi connectivity index (χ2n) is 4.72. The molecule has 2 unspecified atom stereocenters. The van der Waals surface area contributed by atoms with Crippen LogP contribution in [0.15, 0.2) is 23.1 Å². The largest absolute Gasteiger partial charge is 0.316 e. The fraction of sp³-hybridized carbons (Fsp3) is 0.538. The third kappa shape index (κ3) is 1.28. The number of hydrogen-bond donors (Lipinski definition) is 1. The molecular weight excluding hydrogens is 202 g/mol. The van der Waals surface area contributed by atoms with Crippen LogP contribution >= 0.6 is 11.8 Å². The molecule has 0 heterocycles. The van der Waals surface area contributed by atoms with Gasteiger partial charge in [-0.1, -0.05) is 6.07 Å². The van der Waals surface area contributed by atoms with Gasteiger partial charge in [-0.15, -0.1) is 11.8 Å². The molecule has 15 heavy (non-hydrogen) atoms. The molecule has 1 nitrogen and oxygen atoms in total. The van der Waals surface area contributed by atoms with Gasteiger partial charge in [-0.05, 0) is 55.8 Å². The Morgan fingerprint density at radius 3 is 3.00 bits per heavy atom. The van der Waals surface area contributed by atoms with Crippen LogP contribution in [0.3, 0.4) is 0 Å². The van der Waals surface area contributed by atoms with Gasteiger partial charge in [-0.25, -0.2) is 0 Å². The zero-order valence-electron chi connectivity index (χ0n) is 9.34. The van der Waals surface area contributed by atoms with E-state index in [1.54, 1.807) is 11.1 Å². The van der Waals surface area contributed by atoms with E-state index in [1.165, 1.54) is 24.2 Å². The molecule has 0 bridgehead atoms. The first-order valence-electron chi connectivity index (χ1n) is 5.65. The third-order valence-corrected chi connectivity index (χ3v) is 4.84. The van der Waals surface area contributed by atoms with E-state index in [2.05, 4.69) is 36.8 Å². The molecule has 1 N–H and O–H groups in total. The fourth-order valence-electron chi connectivity index (χ4n) is 3.11. The highest BCUT2D eigenvalue weighted by Crippen LogP contribution is 2.57. The van der Waals surface area contributed by atoms with Crippen molar-refractivity contribution in [3.05, 3.63) is 29.3 Å². The van der Waals surface area contributed by atoms with Gasteiger partial charge in [0.25, 0.3) is 0 Å². The topological polar surface area (TPSA) is 12.0 Å². The lowest BCUT2D eigenvalue weighted by Crippen LogP contribution is -2.19. The maximum atomic E-state index is 3.44. The number of rotatable bonds is 2. The smallest absolute Gasteiger partial charge is 0.0171 e. The number of thioether (sulfide) groups is 1. The average Bonchev–Trinajstić information content (AvgIpc) is 2.89. The third-order valence-electron chi connectivity index (χ3n) is 4.12. The summed E-state index contributed by atoms with van der Waals surface area (Å²) in [6, 6.07) is 7.75. The minimum absolute atomic E-state index is 0.510. The van der Waals surface area contributed by atoms with Crippen molar-refractivity contribution in [2.75, 3.05) is 13.3 Å². The molecule has 0 aromatic heterocycles. The number of likely N-dealkylation sites (N-methyl/N-ethyl adjacent to an activating group) is 1. The summed E-state index contributed by atoms with van der Waals surface area (Å²) in [6.07, 6.45) is 6.13. The zero-order chi connectivity index (χ0) is 10.5. The Bertz CT molecular complexity index is 402. The first-order chi connectivity index (χ1) is 7.30. The summed E-state index contributed by atoms with van der Waals surface area (Å²) in [5.41, 5.74) is 3.73. The molecular formula is C13H17NS. The standard InChI is InChI=1S/C13H17NS/c1-14-12-8-13(12)6-5-9-3-4-10(15-2)7-11(9)13/h3-4,7,12,14H,5-6,8H2,1-2H3. The van der Waals surface area contributed by atoms with E-state index in [4.69, 9.17) is 0 Å². The van der Waals surface area contributed by atoms with Gasteiger partial charge in [0.2, 0.25) is 0 Å². The summed E-state index contributed by atoms with van der Waals surface area (Å²) >= 11 is 1.85. The van der Waals surface area contributed by atoms with Gasteiger partial charge in [0.05, 0.1) is 0 Å². The van der Waals surface area contributed by atoms with Crippen molar-refractivity contribution < 1.29 is 0 Å². The number of hydrogen-bond acceptors (Lipinski definition) is 2. The lowest BCUT2D eigenvalue weighted by Gasteiger charge is -2.12. The summed E-state index contributed by atoms with van der Waals surface area (Å²) in [5, 5.41) is 3.44. The second-order valence-corrected chi connectivity index (χ2v) is 5.60. The van der Waals surface area contributed by atoms with Crippen molar-refractivity contribution in [3.63, 3.8) is 0 Å². The summed E-state index contributed by atoms with van der Waals surface area (Å²) in [7, 11) is 2.09. The number of fused-ring (bicyclic) bond motifs is 2. The SMILES string of the molecule is CNC1CC12CCc1ccc(SC)cc12. The van der Waals surface area contributed by atoms with Crippen LogP contribution < -0.4 is 5.32 Å². The molecule has 1 aromatic rings. The van der Waals surface area contributed by atoms with Crippen LogP contribution in [-0.2, 0) is 11.8 Å². The summed E-state index contributed by atoms with van der Waals surface area (Å²) in [4.78, 5) is 1.41. The molecule has 1 aromatic carbocycles. The normalized spacial score (nSPS) is 32.0. The maximum absolute atomic E-state index is 3.44. The summed E-state index contributed by atoms with van der Waals surface area (Å²) < 4.78 is 0. The van der Waals surface area contributed by atoms with Gasteiger partial charge < -0.3 is 5.32 Å². The van der Waals surface area contributed by atoms with E-state index >= 15 is 0 Å². The Balaban J connectivity index is 2.02. The van der Waals surface area contributed by atoms with Crippen LogP contribution in [0.25, 0.3) is 0 Å². The zero-order valence-corrected chi connectivity index (χ0v) is 10.2. The van der Waals surface area contributed by atoms with Crippen LogP contribution in [0, 0.1) is 0 Å². The fourth-order valence-corrected chi connectivity index (χ4v) is 3.55. The van der Waals surface area contributed by atoms with Gasteiger partial charge in [0, 0.05) is 16.4 Å². The van der Waals surface area contributed by atoms with E-state index in [0.717, 1.165) is 6.04 Å². The van der Waals surface area contributed by atoms with E-state index in [9.17, 15) is 0 Å². The molecule has 1 fully saturated rings. The highest BCUT2D eigenvalue weighted by atomic mass is 32.2. The van der Waals surface area contributed by atoms with Crippen molar-refractivity contribution in [2.24, 2.45) is 0 Å². The van der Waals surface area contributed by atoms with Gasteiger partial charge in [-0.2, -0.15) is 0 Å². The number of nitrogens with one attached hydrogen (secondary N) is 1. The lowest BCUT2D eigenvalue weighted by molar-refractivity contribution is 0.607. The molecule has 2 heteroatoms.